The molecule has 3 amide bonds. The van der Waals surface area contributed by atoms with Gasteiger partial charge in [-0.05, 0) is 59.9 Å². The first-order valence-corrected chi connectivity index (χ1v) is 18.1. The second-order valence-electron chi connectivity index (χ2n) is 13.1. The monoisotopic (exact) mass is 715 g/mol. The number of ether oxygens (including phenoxy) is 1. The fourth-order valence-corrected chi connectivity index (χ4v) is 8.44. The lowest BCUT2D eigenvalue weighted by Crippen LogP contribution is -2.42. The molecular weight excluding hydrogens is 679 g/mol. The number of methoxy groups -OCH3 is 1. The van der Waals surface area contributed by atoms with Gasteiger partial charge in [-0.3, -0.25) is 9.69 Å². The number of aromatic nitrogens is 4. The molecule has 0 aliphatic carbocycles. The van der Waals surface area contributed by atoms with Crippen molar-refractivity contribution < 1.29 is 24.2 Å². The van der Waals surface area contributed by atoms with Crippen LogP contribution in [0.25, 0.3) is 43.0 Å². The number of carbonyl (C=O) groups excluding carboxylic acids is 2. The lowest BCUT2D eigenvalue weighted by molar-refractivity contribution is -0.134. The number of amides is 3. The number of imidazole rings is 2. The lowest BCUT2D eigenvalue weighted by Gasteiger charge is -2.28. The molecule has 1 unspecified atom stereocenters. The molecule has 4 N–H and O–H groups in total. The average Bonchev–Trinajstić information content (AvgIpc) is 4.02. The normalized spacial score (nSPS) is 17.8. The zero-order valence-electron chi connectivity index (χ0n) is 28.4. The standard InChI is InChI=1S/C39H37N7O5S/c1-51-38(48)44-34(25-7-3-2-4-8-25)37(47)45-17-5-9-30(45)35-40-21-28(42-35)23-11-13-24(14-12-23)32-20-27-16-15-26(19-33(27)52-32)29-22-41-36(43-29)31-10-6-18-46(31)39(49)50/h2-4,7-8,11-16,19-22,30-31,34H,5-6,9-10,17-18H2,1H3,(H,40,42)(H,41,43)(H,44,48)(H,49,50)/t30-,31?,34+/m0/s1. The van der Waals surface area contributed by atoms with E-state index < -0.39 is 18.2 Å². The Balaban J connectivity index is 0.975. The summed E-state index contributed by atoms with van der Waals surface area (Å²) in [6, 6.07) is 24.7. The highest BCUT2D eigenvalue weighted by Crippen LogP contribution is 2.38. The van der Waals surface area contributed by atoms with Crippen LogP contribution in [0.3, 0.4) is 0 Å². The Morgan fingerprint density at radius 2 is 1.44 bits per heavy atom. The molecule has 5 heterocycles. The SMILES string of the molecule is COC(=O)N[C@@H](C(=O)N1CCC[C@H]1c1ncc(-c2ccc(-c3cc4ccc(-c5cnc(C6CCCN6C(=O)O)[nH]5)cc4s3)cc2)[nH]1)c1ccccc1. The Morgan fingerprint density at radius 1 is 0.827 bits per heavy atom. The average molecular weight is 716 g/mol. The Morgan fingerprint density at radius 3 is 2.12 bits per heavy atom. The van der Waals surface area contributed by atoms with Crippen LogP contribution < -0.4 is 5.32 Å². The number of H-pyrrole nitrogens is 2. The van der Waals surface area contributed by atoms with Crippen molar-refractivity contribution in [3.8, 4) is 33.0 Å². The molecular formula is C39H37N7O5S. The molecule has 2 saturated heterocycles. The first kappa shape index (κ1) is 33.2. The molecule has 264 valence electrons. The number of nitrogens with one attached hydrogen (secondary N) is 3. The van der Waals surface area contributed by atoms with Crippen LogP contribution in [0, 0.1) is 0 Å². The van der Waals surface area contributed by atoms with E-state index in [1.807, 2.05) is 30.3 Å². The summed E-state index contributed by atoms with van der Waals surface area (Å²) in [6.07, 6.45) is 5.20. The molecule has 0 bridgehead atoms. The largest absolute Gasteiger partial charge is 0.465 e. The zero-order chi connectivity index (χ0) is 35.8. The van der Waals surface area contributed by atoms with Gasteiger partial charge in [0, 0.05) is 28.2 Å². The minimum absolute atomic E-state index is 0.206. The van der Waals surface area contributed by atoms with E-state index in [0.29, 0.717) is 30.3 Å². The molecule has 0 radical (unpaired) electrons. The van der Waals surface area contributed by atoms with Gasteiger partial charge in [0.2, 0.25) is 0 Å². The minimum Gasteiger partial charge on any atom is -0.465 e. The van der Waals surface area contributed by atoms with Gasteiger partial charge >= 0.3 is 12.2 Å². The first-order valence-electron chi connectivity index (χ1n) is 17.3. The number of aromatic amines is 2. The number of carbonyl (C=O) groups is 3. The lowest BCUT2D eigenvalue weighted by atomic mass is 10.1. The molecule has 12 nitrogen and oxygen atoms in total. The van der Waals surface area contributed by atoms with E-state index in [9.17, 15) is 19.5 Å². The number of benzene rings is 3. The van der Waals surface area contributed by atoms with Crippen LogP contribution >= 0.6 is 11.3 Å². The fourth-order valence-electron chi connectivity index (χ4n) is 7.33. The van der Waals surface area contributed by atoms with Gasteiger partial charge < -0.3 is 30.0 Å². The maximum absolute atomic E-state index is 13.9. The molecule has 3 aromatic carbocycles. The van der Waals surface area contributed by atoms with Crippen LogP contribution in [-0.2, 0) is 9.53 Å². The van der Waals surface area contributed by atoms with E-state index in [1.54, 1.807) is 28.6 Å². The predicted octanol–water partition coefficient (Wildman–Crippen LogP) is 7.92. The summed E-state index contributed by atoms with van der Waals surface area (Å²) >= 11 is 1.71. The van der Waals surface area contributed by atoms with E-state index in [0.717, 1.165) is 68.7 Å². The zero-order valence-corrected chi connectivity index (χ0v) is 29.2. The summed E-state index contributed by atoms with van der Waals surface area (Å²) in [6.45, 7) is 1.09. The predicted molar refractivity (Wildman–Crippen MR) is 198 cm³/mol. The summed E-state index contributed by atoms with van der Waals surface area (Å²) in [5, 5.41) is 13.4. The van der Waals surface area contributed by atoms with Gasteiger partial charge in [0.25, 0.3) is 5.91 Å². The van der Waals surface area contributed by atoms with Gasteiger partial charge in [-0.1, -0.05) is 66.7 Å². The maximum atomic E-state index is 13.9. The summed E-state index contributed by atoms with van der Waals surface area (Å²) in [5.74, 6) is 1.19. The van der Waals surface area contributed by atoms with Crippen LogP contribution in [0.15, 0.2) is 91.3 Å². The molecule has 3 atom stereocenters. The Bertz CT molecular complexity index is 2250. The van der Waals surface area contributed by atoms with Crippen molar-refractivity contribution in [2.45, 2.75) is 43.8 Å². The van der Waals surface area contributed by atoms with Gasteiger partial charge in [-0.25, -0.2) is 19.6 Å². The van der Waals surface area contributed by atoms with Crippen molar-refractivity contribution in [3.05, 3.63) is 108 Å². The second kappa shape index (κ2) is 14.0. The molecule has 6 aromatic rings. The van der Waals surface area contributed by atoms with E-state index in [1.165, 1.54) is 12.0 Å². The highest BCUT2D eigenvalue weighted by atomic mass is 32.1. The van der Waals surface area contributed by atoms with Crippen LogP contribution in [0.1, 0.15) is 61.0 Å². The van der Waals surface area contributed by atoms with Crippen molar-refractivity contribution in [2.75, 3.05) is 20.2 Å². The molecule has 52 heavy (non-hydrogen) atoms. The van der Waals surface area contributed by atoms with Crippen molar-refractivity contribution in [3.63, 3.8) is 0 Å². The molecule has 0 saturated carbocycles. The summed E-state index contributed by atoms with van der Waals surface area (Å²) in [5.41, 5.74) is 5.49. The first-order chi connectivity index (χ1) is 25.4. The third-order valence-electron chi connectivity index (χ3n) is 10.00. The Kier molecular flexibility index (Phi) is 8.93. The number of rotatable bonds is 8. The molecule has 2 fully saturated rings. The van der Waals surface area contributed by atoms with Gasteiger partial charge in [0.1, 0.15) is 17.7 Å². The van der Waals surface area contributed by atoms with E-state index in [-0.39, 0.29) is 18.0 Å². The molecule has 13 heteroatoms. The number of alkyl carbamates (subject to hydrolysis) is 1. The number of fused-ring (bicyclic) bond motifs is 1. The molecule has 2 aliphatic heterocycles. The minimum atomic E-state index is -0.913. The Labute approximate surface area is 303 Å². The highest BCUT2D eigenvalue weighted by Gasteiger charge is 2.37. The quantitative estimate of drug-likeness (QED) is 0.125. The van der Waals surface area contributed by atoms with E-state index >= 15 is 0 Å². The van der Waals surface area contributed by atoms with Gasteiger partial charge in [-0.15, -0.1) is 11.3 Å². The Hall–Kier alpha value is -5.95. The van der Waals surface area contributed by atoms with Gasteiger partial charge in [0.15, 0.2) is 0 Å². The van der Waals surface area contributed by atoms with Crippen LogP contribution in [0.2, 0.25) is 0 Å². The summed E-state index contributed by atoms with van der Waals surface area (Å²) < 4.78 is 5.96. The number of hydrogen-bond acceptors (Lipinski definition) is 7. The van der Waals surface area contributed by atoms with Crippen molar-refractivity contribution in [1.29, 1.82) is 0 Å². The van der Waals surface area contributed by atoms with Crippen LogP contribution in [0.5, 0.6) is 0 Å². The number of thiophene rings is 1. The van der Waals surface area contributed by atoms with Crippen LogP contribution in [0.4, 0.5) is 9.59 Å². The van der Waals surface area contributed by atoms with Crippen LogP contribution in [-0.4, -0.2) is 73.1 Å². The van der Waals surface area contributed by atoms with Crippen molar-refractivity contribution >= 4 is 39.5 Å². The number of likely N-dealkylation sites (tertiary alicyclic amines) is 2. The maximum Gasteiger partial charge on any atom is 0.407 e. The summed E-state index contributed by atoms with van der Waals surface area (Å²) in [4.78, 5) is 58.1. The van der Waals surface area contributed by atoms with Gasteiger partial charge in [0.05, 0.1) is 43.0 Å². The molecule has 0 spiro atoms. The number of hydrogen-bond donors (Lipinski definition) is 4. The third-order valence-corrected chi connectivity index (χ3v) is 11.1. The third kappa shape index (κ3) is 6.39. The second-order valence-corrected chi connectivity index (χ2v) is 14.2. The van der Waals surface area contributed by atoms with E-state index in [4.69, 9.17) is 9.72 Å². The van der Waals surface area contributed by atoms with Crippen molar-refractivity contribution in [1.82, 2.24) is 35.1 Å². The summed E-state index contributed by atoms with van der Waals surface area (Å²) in [7, 11) is 1.28. The topological polar surface area (TPSA) is 157 Å². The number of carboxylic acid groups (broad SMARTS) is 1. The highest BCUT2D eigenvalue weighted by molar-refractivity contribution is 7.22. The molecule has 2 aliphatic rings. The fraction of sp³-hybridized carbons (Fsp3) is 0.256. The molecule has 3 aromatic heterocycles. The van der Waals surface area contributed by atoms with Gasteiger partial charge in [-0.2, -0.15) is 0 Å². The number of nitrogens with zero attached hydrogens (tertiary/aromatic N) is 4. The van der Waals surface area contributed by atoms with Crippen molar-refractivity contribution in [2.24, 2.45) is 0 Å². The molecule has 8 rings (SSSR count). The smallest absolute Gasteiger partial charge is 0.407 e. The van der Waals surface area contributed by atoms with E-state index in [2.05, 4.69) is 68.8 Å².